The molecule has 11 heteroatoms. The average Bonchev–Trinajstić information content (AvgIpc) is 3.47. The van der Waals surface area contributed by atoms with Gasteiger partial charge >= 0.3 is 6.18 Å². The van der Waals surface area contributed by atoms with E-state index < -0.39 is 27.6 Å². The monoisotopic (exact) mass is 531 g/mol. The van der Waals surface area contributed by atoms with E-state index in [0.717, 1.165) is 45.3 Å². The highest BCUT2D eigenvalue weighted by Crippen LogP contribution is 2.41. The molecule has 0 unspecified atom stereocenters. The molecule has 4 rings (SSSR count). The second-order valence-corrected chi connectivity index (χ2v) is 13.2. The Balaban J connectivity index is 1.47. The number of sulfone groups is 1. The summed E-state index contributed by atoms with van der Waals surface area (Å²) in [6, 6.07) is 1.17. The quantitative estimate of drug-likeness (QED) is 0.518. The normalized spacial score (nSPS) is 25.6. The first-order valence-electron chi connectivity index (χ1n) is 12.8. The number of nitrogens with one attached hydrogen (secondary N) is 1. The molecule has 1 saturated heterocycles. The Hall–Kier alpha value is -1.88. The van der Waals surface area contributed by atoms with Gasteiger partial charge in [-0.05, 0) is 88.9 Å². The van der Waals surface area contributed by atoms with E-state index >= 15 is 0 Å². The molecule has 0 spiro atoms. The number of nitrogens with zero attached hydrogens (tertiary/aromatic N) is 2. The number of hydrogen-bond donors (Lipinski definition) is 1. The van der Waals surface area contributed by atoms with Crippen LogP contribution in [-0.2, 0) is 16.0 Å². The molecule has 2 heterocycles. The number of carbonyl (C=O) groups is 1. The van der Waals surface area contributed by atoms with Gasteiger partial charge < -0.3 is 15.0 Å². The van der Waals surface area contributed by atoms with Gasteiger partial charge in [-0.2, -0.15) is 13.2 Å². The van der Waals surface area contributed by atoms with E-state index in [0.29, 0.717) is 38.1 Å². The highest BCUT2D eigenvalue weighted by molar-refractivity contribution is 7.92. The second kappa shape index (κ2) is 10.5. The number of rotatable bonds is 9. The summed E-state index contributed by atoms with van der Waals surface area (Å²) in [5.74, 6) is -0.302. The standard InChI is InChI=1S/C25H36F3N3O4S/c1-17-13-20(23(35-2)30-21(17)25(26,27)28)22(32)29-15-24(16-31-11-3-4-12-31)9-7-19(8-10-24)36(33,34)14-18-5-6-18/h13,18-19H,3-12,14-16H2,1-2H3,(H,29,32). The fraction of sp³-hybridized carbons (Fsp3) is 0.760. The molecule has 3 fully saturated rings. The number of pyridine rings is 1. The molecule has 36 heavy (non-hydrogen) atoms. The molecule has 202 valence electrons. The van der Waals surface area contributed by atoms with Gasteiger partial charge in [0.05, 0.1) is 18.1 Å². The van der Waals surface area contributed by atoms with Gasteiger partial charge in [-0.15, -0.1) is 0 Å². The summed E-state index contributed by atoms with van der Waals surface area (Å²) in [7, 11) is -1.93. The summed E-state index contributed by atoms with van der Waals surface area (Å²) in [5.41, 5.74) is -1.55. The molecule has 2 aliphatic carbocycles. The van der Waals surface area contributed by atoms with Crippen molar-refractivity contribution in [3.63, 3.8) is 0 Å². The molecule has 1 amide bonds. The molecular formula is C25H36F3N3O4S. The molecule has 0 aromatic carbocycles. The average molecular weight is 532 g/mol. The van der Waals surface area contributed by atoms with E-state index in [1.165, 1.54) is 20.1 Å². The second-order valence-electron chi connectivity index (χ2n) is 10.8. The van der Waals surface area contributed by atoms with Gasteiger partial charge in [0.2, 0.25) is 5.88 Å². The zero-order valence-corrected chi connectivity index (χ0v) is 21.8. The summed E-state index contributed by atoms with van der Waals surface area (Å²) in [5, 5.41) is 2.59. The maximum atomic E-state index is 13.3. The van der Waals surface area contributed by atoms with Gasteiger partial charge in [0.25, 0.3) is 5.91 Å². The van der Waals surface area contributed by atoms with Crippen LogP contribution in [0.5, 0.6) is 5.88 Å². The summed E-state index contributed by atoms with van der Waals surface area (Å²) >= 11 is 0. The van der Waals surface area contributed by atoms with Crippen LogP contribution in [0.25, 0.3) is 0 Å². The Morgan fingerprint density at radius 2 is 1.83 bits per heavy atom. The largest absolute Gasteiger partial charge is 0.480 e. The van der Waals surface area contributed by atoms with Crippen molar-refractivity contribution >= 4 is 15.7 Å². The highest BCUT2D eigenvalue weighted by Gasteiger charge is 2.43. The van der Waals surface area contributed by atoms with E-state index in [1.807, 2.05) is 0 Å². The lowest BCUT2D eigenvalue weighted by Crippen LogP contribution is -2.48. The third-order valence-corrected chi connectivity index (χ3v) is 10.4. The summed E-state index contributed by atoms with van der Waals surface area (Å²) in [6.45, 7) is 4.32. The van der Waals surface area contributed by atoms with Crippen molar-refractivity contribution < 1.29 is 31.1 Å². The van der Waals surface area contributed by atoms with E-state index in [4.69, 9.17) is 4.74 Å². The van der Waals surface area contributed by atoms with E-state index in [1.54, 1.807) is 0 Å². The molecule has 3 aliphatic rings. The number of likely N-dealkylation sites (tertiary alicyclic amines) is 1. The minimum Gasteiger partial charge on any atom is -0.480 e. The van der Waals surface area contributed by atoms with Gasteiger partial charge in [-0.25, -0.2) is 13.4 Å². The van der Waals surface area contributed by atoms with Crippen LogP contribution in [0.3, 0.4) is 0 Å². The van der Waals surface area contributed by atoms with Crippen LogP contribution < -0.4 is 10.1 Å². The predicted octanol–water partition coefficient (Wildman–Crippen LogP) is 4.00. The maximum Gasteiger partial charge on any atom is 0.433 e. The van der Waals surface area contributed by atoms with E-state index in [9.17, 15) is 26.4 Å². The van der Waals surface area contributed by atoms with Crippen molar-refractivity contribution in [2.45, 2.75) is 69.7 Å². The van der Waals surface area contributed by atoms with Crippen molar-refractivity contribution in [3.8, 4) is 5.88 Å². The number of ether oxygens (including phenoxy) is 1. The maximum absolute atomic E-state index is 13.3. The Morgan fingerprint density at radius 3 is 2.39 bits per heavy atom. The van der Waals surface area contributed by atoms with Crippen LogP contribution in [0.4, 0.5) is 13.2 Å². The molecule has 0 radical (unpaired) electrons. The van der Waals surface area contributed by atoms with Gasteiger partial charge in [0, 0.05) is 18.5 Å². The Bertz CT molecular complexity index is 1060. The Morgan fingerprint density at radius 1 is 1.19 bits per heavy atom. The molecule has 2 saturated carbocycles. The number of carbonyl (C=O) groups excluding carboxylic acids is 1. The van der Waals surface area contributed by atoms with E-state index in [-0.39, 0.29) is 33.4 Å². The molecule has 1 aliphatic heterocycles. The lowest BCUT2D eigenvalue weighted by atomic mass is 9.73. The number of halogens is 3. The third-order valence-electron chi connectivity index (χ3n) is 7.93. The zero-order chi connectivity index (χ0) is 26.1. The first-order chi connectivity index (χ1) is 16.9. The summed E-state index contributed by atoms with van der Waals surface area (Å²) < 4.78 is 70.5. The van der Waals surface area contributed by atoms with Crippen LogP contribution in [0.15, 0.2) is 6.07 Å². The third kappa shape index (κ3) is 6.33. The van der Waals surface area contributed by atoms with Crippen molar-refractivity contribution in [1.29, 1.82) is 0 Å². The SMILES string of the molecule is COc1nc(C(F)(F)F)c(C)cc1C(=O)NCC1(CN2CCCC2)CCC(S(=O)(=O)CC2CC2)CC1. The Kier molecular flexibility index (Phi) is 7.90. The number of amides is 1. The van der Waals surface area contributed by atoms with Gasteiger partial charge in [-0.3, -0.25) is 4.79 Å². The smallest absolute Gasteiger partial charge is 0.433 e. The minimum absolute atomic E-state index is 0.0416. The predicted molar refractivity (Wildman–Crippen MR) is 130 cm³/mol. The van der Waals surface area contributed by atoms with Crippen LogP contribution in [0.1, 0.15) is 73.0 Å². The van der Waals surface area contributed by atoms with Crippen LogP contribution in [-0.4, -0.2) is 68.5 Å². The topological polar surface area (TPSA) is 88.6 Å². The minimum atomic E-state index is -4.65. The number of hydrogen-bond acceptors (Lipinski definition) is 6. The number of aryl methyl sites for hydroxylation is 1. The van der Waals surface area contributed by atoms with E-state index in [2.05, 4.69) is 15.2 Å². The first kappa shape index (κ1) is 27.2. The first-order valence-corrected chi connectivity index (χ1v) is 14.5. The lowest BCUT2D eigenvalue weighted by Gasteiger charge is -2.42. The van der Waals surface area contributed by atoms with Crippen molar-refractivity contribution in [3.05, 3.63) is 22.9 Å². The van der Waals surface area contributed by atoms with Gasteiger partial charge in [0.15, 0.2) is 15.5 Å². The van der Waals surface area contributed by atoms with Crippen molar-refractivity contribution in [2.24, 2.45) is 11.3 Å². The van der Waals surface area contributed by atoms with Crippen LogP contribution >= 0.6 is 0 Å². The molecule has 1 N–H and O–H groups in total. The number of alkyl halides is 3. The molecular weight excluding hydrogens is 495 g/mol. The summed E-state index contributed by atoms with van der Waals surface area (Å²) in [6.07, 6.45) is 2.09. The fourth-order valence-corrected chi connectivity index (χ4v) is 7.90. The van der Waals surface area contributed by atoms with Gasteiger partial charge in [-0.1, -0.05) is 0 Å². The summed E-state index contributed by atoms with van der Waals surface area (Å²) in [4.78, 5) is 19.0. The number of methoxy groups -OCH3 is 1. The molecule has 7 nitrogen and oxygen atoms in total. The number of aromatic nitrogens is 1. The van der Waals surface area contributed by atoms with Crippen LogP contribution in [0.2, 0.25) is 0 Å². The highest BCUT2D eigenvalue weighted by atomic mass is 32.2. The zero-order valence-electron chi connectivity index (χ0n) is 21.0. The fourth-order valence-electron chi connectivity index (χ4n) is 5.68. The molecule has 0 atom stereocenters. The lowest BCUT2D eigenvalue weighted by molar-refractivity contribution is -0.141. The molecule has 1 aromatic heterocycles. The van der Waals surface area contributed by atoms with Crippen LogP contribution in [0, 0.1) is 18.3 Å². The van der Waals surface area contributed by atoms with Gasteiger partial charge in [0.1, 0.15) is 5.56 Å². The molecule has 1 aromatic rings. The van der Waals surface area contributed by atoms with Crippen molar-refractivity contribution in [1.82, 2.24) is 15.2 Å². The van der Waals surface area contributed by atoms with Crippen molar-refractivity contribution in [2.75, 3.05) is 39.0 Å². The molecule has 0 bridgehead atoms. The Labute approximate surface area is 211 Å².